The second-order valence-electron chi connectivity index (χ2n) is 4.69. The lowest BCUT2D eigenvalue weighted by atomic mass is 10.1. The third kappa shape index (κ3) is 1.43. The maximum atomic E-state index is 6.18. The standard InChI is InChI=1S/C11H19N5/c1-2-15-4-3-9-10(7-15)14-16(11(9)12)8-5-13-6-8/h8,13H,2-7,12H2,1H3. The van der Waals surface area contributed by atoms with E-state index in [1.165, 1.54) is 11.3 Å². The molecule has 0 amide bonds. The molecule has 1 aromatic heterocycles. The maximum absolute atomic E-state index is 6.18. The van der Waals surface area contributed by atoms with Crippen molar-refractivity contribution < 1.29 is 0 Å². The fourth-order valence-corrected chi connectivity index (χ4v) is 2.49. The first-order chi connectivity index (χ1) is 7.79. The monoisotopic (exact) mass is 221 g/mol. The summed E-state index contributed by atoms with van der Waals surface area (Å²) in [4.78, 5) is 2.41. The van der Waals surface area contributed by atoms with E-state index < -0.39 is 0 Å². The largest absolute Gasteiger partial charge is 0.384 e. The Bertz CT molecular complexity index is 393. The predicted octanol–water partition coefficient (Wildman–Crippen LogP) is -0.0124. The normalized spacial score (nSPS) is 21.8. The van der Waals surface area contributed by atoms with E-state index in [1.54, 1.807) is 0 Å². The molecule has 1 saturated heterocycles. The van der Waals surface area contributed by atoms with Crippen molar-refractivity contribution in [2.45, 2.75) is 25.9 Å². The molecule has 0 radical (unpaired) electrons. The van der Waals surface area contributed by atoms with E-state index in [1.807, 2.05) is 4.68 Å². The van der Waals surface area contributed by atoms with Crippen molar-refractivity contribution >= 4 is 5.82 Å². The van der Waals surface area contributed by atoms with Gasteiger partial charge in [-0.15, -0.1) is 0 Å². The summed E-state index contributed by atoms with van der Waals surface area (Å²) >= 11 is 0. The van der Waals surface area contributed by atoms with Gasteiger partial charge in [0, 0.05) is 31.7 Å². The Morgan fingerprint density at radius 1 is 1.50 bits per heavy atom. The molecule has 2 aliphatic heterocycles. The number of fused-ring (bicyclic) bond motifs is 1. The zero-order chi connectivity index (χ0) is 11.1. The van der Waals surface area contributed by atoms with E-state index >= 15 is 0 Å². The minimum atomic E-state index is 0.473. The van der Waals surface area contributed by atoms with Crippen LogP contribution in [0.15, 0.2) is 0 Å². The van der Waals surface area contributed by atoms with Crippen molar-refractivity contribution in [1.82, 2.24) is 20.0 Å². The van der Waals surface area contributed by atoms with E-state index in [4.69, 9.17) is 5.73 Å². The van der Waals surface area contributed by atoms with Crippen LogP contribution >= 0.6 is 0 Å². The number of likely N-dealkylation sites (N-methyl/N-ethyl adjacent to an activating group) is 1. The third-order valence-corrected chi connectivity index (χ3v) is 3.74. The SMILES string of the molecule is CCN1CCc2c(nn(C3CNC3)c2N)C1. The minimum absolute atomic E-state index is 0.473. The number of nitrogens with one attached hydrogen (secondary N) is 1. The first-order valence-electron chi connectivity index (χ1n) is 6.08. The first-order valence-corrected chi connectivity index (χ1v) is 6.08. The van der Waals surface area contributed by atoms with Gasteiger partial charge in [-0.2, -0.15) is 5.10 Å². The summed E-state index contributed by atoms with van der Waals surface area (Å²) < 4.78 is 2.03. The van der Waals surface area contributed by atoms with Crippen molar-refractivity contribution in [2.24, 2.45) is 0 Å². The molecule has 3 N–H and O–H groups in total. The van der Waals surface area contributed by atoms with Gasteiger partial charge in [0.1, 0.15) is 5.82 Å². The van der Waals surface area contributed by atoms with Crippen LogP contribution in [-0.4, -0.2) is 40.9 Å². The molecule has 0 bridgehead atoms. The zero-order valence-electron chi connectivity index (χ0n) is 9.74. The number of nitrogens with two attached hydrogens (primary N) is 1. The number of hydrogen-bond acceptors (Lipinski definition) is 4. The fourth-order valence-electron chi connectivity index (χ4n) is 2.49. The molecule has 1 fully saturated rings. The van der Waals surface area contributed by atoms with Gasteiger partial charge in [0.05, 0.1) is 11.7 Å². The van der Waals surface area contributed by atoms with Gasteiger partial charge < -0.3 is 11.1 Å². The van der Waals surface area contributed by atoms with Crippen LogP contribution in [0.4, 0.5) is 5.82 Å². The average Bonchev–Trinajstić information content (AvgIpc) is 2.54. The lowest BCUT2D eigenvalue weighted by Gasteiger charge is -2.28. The topological polar surface area (TPSA) is 59.1 Å². The van der Waals surface area contributed by atoms with E-state index in [-0.39, 0.29) is 0 Å². The summed E-state index contributed by atoms with van der Waals surface area (Å²) in [6.07, 6.45) is 1.05. The van der Waals surface area contributed by atoms with E-state index in [0.29, 0.717) is 6.04 Å². The molecular formula is C11H19N5. The second kappa shape index (κ2) is 3.75. The number of anilines is 1. The van der Waals surface area contributed by atoms with Crippen LogP contribution in [0.5, 0.6) is 0 Å². The summed E-state index contributed by atoms with van der Waals surface area (Å²) in [5.41, 5.74) is 8.66. The van der Waals surface area contributed by atoms with Crippen molar-refractivity contribution in [1.29, 1.82) is 0 Å². The number of aromatic nitrogens is 2. The molecule has 1 aromatic rings. The van der Waals surface area contributed by atoms with E-state index in [0.717, 1.165) is 45.0 Å². The number of nitrogens with zero attached hydrogens (tertiary/aromatic N) is 3. The average molecular weight is 221 g/mol. The quantitative estimate of drug-likeness (QED) is 0.737. The van der Waals surface area contributed by atoms with Crippen LogP contribution in [0.2, 0.25) is 0 Å². The van der Waals surface area contributed by atoms with Gasteiger partial charge in [0.15, 0.2) is 0 Å². The van der Waals surface area contributed by atoms with E-state index in [2.05, 4.69) is 22.2 Å². The molecular weight excluding hydrogens is 202 g/mol. The minimum Gasteiger partial charge on any atom is -0.384 e. The lowest BCUT2D eigenvalue weighted by Crippen LogP contribution is -2.44. The van der Waals surface area contributed by atoms with Crippen LogP contribution < -0.4 is 11.1 Å². The number of hydrogen-bond donors (Lipinski definition) is 2. The van der Waals surface area contributed by atoms with Crippen LogP contribution in [0, 0.1) is 0 Å². The third-order valence-electron chi connectivity index (χ3n) is 3.74. The molecule has 3 rings (SSSR count). The van der Waals surface area contributed by atoms with Gasteiger partial charge in [-0.05, 0) is 13.0 Å². The first kappa shape index (κ1) is 10.1. The van der Waals surface area contributed by atoms with Crippen LogP contribution in [0.1, 0.15) is 24.2 Å². The highest BCUT2D eigenvalue weighted by Crippen LogP contribution is 2.27. The van der Waals surface area contributed by atoms with Crippen molar-refractivity contribution in [3.05, 3.63) is 11.3 Å². The molecule has 0 saturated carbocycles. The molecule has 0 unspecified atom stereocenters. The summed E-state index contributed by atoms with van der Waals surface area (Å²) in [6.45, 7) is 7.37. The van der Waals surface area contributed by atoms with Gasteiger partial charge in [0.2, 0.25) is 0 Å². The summed E-state index contributed by atoms with van der Waals surface area (Å²) in [7, 11) is 0. The zero-order valence-corrected chi connectivity index (χ0v) is 9.74. The number of rotatable bonds is 2. The highest BCUT2D eigenvalue weighted by atomic mass is 15.4. The van der Waals surface area contributed by atoms with E-state index in [9.17, 15) is 0 Å². The van der Waals surface area contributed by atoms with Crippen molar-refractivity contribution in [3.8, 4) is 0 Å². The Labute approximate surface area is 95.6 Å². The van der Waals surface area contributed by atoms with Crippen LogP contribution in [0.3, 0.4) is 0 Å². The van der Waals surface area contributed by atoms with Gasteiger partial charge in [0.25, 0.3) is 0 Å². The molecule has 88 valence electrons. The van der Waals surface area contributed by atoms with Gasteiger partial charge >= 0.3 is 0 Å². The fraction of sp³-hybridized carbons (Fsp3) is 0.727. The second-order valence-corrected chi connectivity index (χ2v) is 4.69. The Kier molecular flexibility index (Phi) is 2.37. The Morgan fingerprint density at radius 3 is 2.94 bits per heavy atom. The molecule has 0 spiro atoms. The highest BCUT2D eigenvalue weighted by Gasteiger charge is 2.27. The molecule has 0 aliphatic carbocycles. The van der Waals surface area contributed by atoms with Crippen LogP contribution in [0.25, 0.3) is 0 Å². The van der Waals surface area contributed by atoms with Crippen LogP contribution in [-0.2, 0) is 13.0 Å². The molecule has 3 heterocycles. The summed E-state index contributed by atoms with van der Waals surface area (Å²) in [6, 6.07) is 0.473. The maximum Gasteiger partial charge on any atom is 0.125 e. The van der Waals surface area contributed by atoms with Gasteiger partial charge in [-0.3, -0.25) is 4.90 Å². The smallest absolute Gasteiger partial charge is 0.125 e. The molecule has 0 atom stereocenters. The molecule has 5 nitrogen and oxygen atoms in total. The summed E-state index contributed by atoms with van der Waals surface area (Å²) in [5, 5.41) is 7.94. The molecule has 16 heavy (non-hydrogen) atoms. The molecule has 0 aromatic carbocycles. The Hall–Kier alpha value is -1.07. The summed E-state index contributed by atoms with van der Waals surface area (Å²) in [5.74, 6) is 0.900. The highest BCUT2D eigenvalue weighted by molar-refractivity contribution is 5.45. The van der Waals surface area contributed by atoms with Crippen molar-refractivity contribution in [2.75, 3.05) is 31.9 Å². The van der Waals surface area contributed by atoms with Gasteiger partial charge in [-0.1, -0.05) is 6.92 Å². The molecule has 5 heteroatoms. The molecule has 2 aliphatic rings. The van der Waals surface area contributed by atoms with Crippen molar-refractivity contribution in [3.63, 3.8) is 0 Å². The Morgan fingerprint density at radius 2 is 2.31 bits per heavy atom. The number of nitrogen functional groups attached to an aromatic ring is 1. The lowest BCUT2D eigenvalue weighted by molar-refractivity contribution is 0.262. The predicted molar refractivity (Wildman–Crippen MR) is 63.2 cm³/mol. The van der Waals surface area contributed by atoms with Gasteiger partial charge in [-0.25, -0.2) is 4.68 Å². The Balaban J connectivity index is 1.90.